The van der Waals surface area contributed by atoms with Crippen LogP contribution in [-0.2, 0) is 10.0 Å². The zero-order valence-electron chi connectivity index (χ0n) is 13.6. The van der Waals surface area contributed by atoms with Gasteiger partial charge in [-0.05, 0) is 46.3 Å². The van der Waals surface area contributed by atoms with Gasteiger partial charge in [0, 0.05) is 19.3 Å². The summed E-state index contributed by atoms with van der Waals surface area (Å²) in [4.78, 5) is 16.2. The summed E-state index contributed by atoms with van der Waals surface area (Å²) >= 11 is 9.23. The Hall–Kier alpha value is -1.48. The number of aromatic nitrogens is 1. The molecule has 9 heteroatoms. The van der Waals surface area contributed by atoms with Gasteiger partial charge in [-0.25, -0.2) is 18.2 Å². The molecule has 0 saturated carbocycles. The number of nitrogens with zero attached hydrogens (tertiary/aromatic N) is 2. The van der Waals surface area contributed by atoms with Crippen molar-refractivity contribution in [2.24, 2.45) is 0 Å². The van der Waals surface area contributed by atoms with Crippen LogP contribution in [0.15, 0.2) is 46.0 Å². The molecule has 6 nitrogen and oxygen atoms in total. The Kier molecular flexibility index (Phi) is 6.56. The third-order valence-corrected chi connectivity index (χ3v) is 6.54. The van der Waals surface area contributed by atoms with E-state index in [0.717, 1.165) is 0 Å². The molecule has 0 aliphatic heterocycles. The summed E-state index contributed by atoms with van der Waals surface area (Å²) < 4.78 is 32.2. The van der Waals surface area contributed by atoms with Crippen molar-refractivity contribution in [3.8, 4) is 5.75 Å². The molecule has 1 aromatic heterocycles. The second-order valence-electron chi connectivity index (χ2n) is 4.92. The Balaban J connectivity index is 2.39. The van der Waals surface area contributed by atoms with Crippen LogP contribution in [0.25, 0.3) is 0 Å². The van der Waals surface area contributed by atoms with Crippen LogP contribution in [0, 0.1) is 0 Å². The van der Waals surface area contributed by atoms with Crippen LogP contribution in [0.4, 0.5) is 0 Å². The molecule has 0 amide bonds. The molecule has 0 atom stereocenters. The minimum absolute atomic E-state index is 0.0472. The Labute approximate surface area is 159 Å². The molecule has 0 saturated heterocycles. The number of sulfonamides is 1. The van der Waals surface area contributed by atoms with Crippen LogP contribution in [-0.4, -0.2) is 36.8 Å². The number of carbonyl (C=O) groups is 1. The molecular weight excluding hydrogens is 432 g/mol. The molecule has 0 fully saturated rings. The van der Waals surface area contributed by atoms with Crippen LogP contribution < -0.4 is 4.74 Å². The summed E-state index contributed by atoms with van der Waals surface area (Å²) in [5.74, 6) is -0.475. The lowest BCUT2D eigenvalue weighted by Crippen LogP contribution is -2.31. The topological polar surface area (TPSA) is 76.6 Å². The fourth-order valence-electron chi connectivity index (χ4n) is 2.14. The van der Waals surface area contributed by atoms with Gasteiger partial charge in [0.15, 0.2) is 5.75 Å². The van der Waals surface area contributed by atoms with E-state index < -0.39 is 16.0 Å². The highest BCUT2D eigenvalue weighted by atomic mass is 79.9. The molecule has 0 radical (unpaired) electrons. The van der Waals surface area contributed by atoms with Crippen molar-refractivity contribution >= 4 is 43.5 Å². The van der Waals surface area contributed by atoms with E-state index in [2.05, 4.69) is 20.9 Å². The average Bonchev–Trinajstić information content (AvgIpc) is 2.58. The van der Waals surface area contributed by atoms with Gasteiger partial charge >= 0.3 is 5.97 Å². The molecule has 0 bridgehead atoms. The van der Waals surface area contributed by atoms with E-state index >= 15 is 0 Å². The zero-order valence-corrected chi connectivity index (χ0v) is 16.7. The maximum Gasteiger partial charge on any atom is 0.343 e. The average molecular weight is 448 g/mol. The molecule has 0 unspecified atom stereocenters. The fraction of sp³-hybridized carbons (Fsp3) is 0.250. The van der Waals surface area contributed by atoms with Gasteiger partial charge in [0.1, 0.15) is 9.50 Å². The van der Waals surface area contributed by atoms with Crippen molar-refractivity contribution in [1.82, 2.24) is 9.29 Å². The number of hydrogen-bond acceptors (Lipinski definition) is 5. The fourth-order valence-corrected chi connectivity index (χ4v) is 4.43. The molecule has 134 valence electrons. The lowest BCUT2D eigenvalue weighted by molar-refractivity contribution is 0.0732. The van der Waals surface area contributed by atoms with Crippen molar-refractivity contribution in [1.29, 1.82) is 0 Å². The number of rotatable bonds is 6. The summed E-state index contributed by atoms with van der Waals surface area (Å²) in [5, 5.41) is 0.0472. The number of carbonyl (C=O) groups excluding carboxylic acids is 1. The number of esters is 1. The first kappa shape index (κ1) is 19.8. The molecule has 2 rings (SSSR count). The number of ether oxygens (including phenoxy) is 1. The van der Waals surface area contributed by atoms with Crippen LogP contribution >= 0.6 is 27.5 Å². The van der Waals surface area contributed by atoms with Crippen LogP contribution in [0.1, 0.15) is 24.2 Å². The molecule has 1 aromatic carbocycles. The highest BCUT2D eigenvalue weighted by Crippen LogP contribution is 2.27. The van der Waals surface area contributed by atoms with Crippen molar-refractivity contribution < 1.29 is 17.9 Å². The van der Waals surface area contributed by atoms with E-state index in [9.17, 15) is 13.2 Å². The molecule has 0 spiro atoms. The summed E-state index contributed by atoms with van der Waals surface area (Å²) in [7, 11) is -3.80. The highest BCUT2D eigenvalue weighted by molar-refractivity contribution is 9.10. The van der Waals surface area contributed by atoms with Crippen molar-refractivity contribution in [3.05, 3.63) is 51.7 Å². The second kappa shape index (κ2) is 8.27. The van der Waals surface area contributed by atoms with E-state index in [0.29, 0.717) is 17.7 Å². The minimum atomic E-state index is -3.80. The molecular formula is C16H16BrClN2O4S. The first-order valence-electron chi connectivity index (χ1n) is 7.43. The highest BCUT2D eigenvalue weighted by Gasteiger charge is 2.26. The molecule has 25 heavy (non-hydrogen) atoms. The van der Waals surface area contributed by atoms with Crippen LogP contribution in [0.3, 0.4) is 0 Å². The predicted octanol–water partition coefficient (Wildman–Crippen LogP) is 3.75. The first-order valence-corrected chi connectivity index (χ1v) is 10.0. The first-order chi connectivity index (χ1) is 11.8. The lowest BCUT2D eigenvalue weighted by atomic mass is 10.2. The van der Waals surface area contributed by atoms with E-state index in [4.69, 9.17) is 16.3 Å². The van der Waals surface area contributed by atoms with E-state index in [1.54, 1.807) is 32.2 Å². The largest absolute Gasteiger partial charge is 0.420 e. The zero-order chi connectivity index (χ0) is 18.6. The molecule has 2 aromatic rings. The van der Waals surface area contributed by atoms with Gasteiger partial charge in [0.25, 0.3) is 0 Å². The Morgan fingerprint density at radius 3 is 2.56 bits per heavy atom. The van der Waals surface area contributed by atoms with Gasteiger partial charge in [0.05, 0.1) is 10.6 Å². The SMILES string of the molecule is CCN(CC)S(=O)(=O)c1cc(C(=O)Oc2cccnc2Br)ccc1Cl. The third-order valence-electron chi connectivity index (χ3n) is 3.42. The Bertz CT molecular complexity index is 885. The predicted molar refractivity (Wildman–Crippen MR) is 98.5 cm³/mol. The minimum Gasteiger partial charge on any atom is -0.420 e. The smallest absolute Gasteiger partial charge is 0.343 e. The van der Waals surface area contributed by atoms with Crippen molar-refractivity contribution in [2.75, 3.05) is 13.1 Å². The quantitative estimate of drug-likeness (QED) is 0.498. The van der Waals surface area contributed by atoms with Gasteiger partial charge in [-0.15, -0.1) is 0 Å². The van der Waals surface area contributed by atoms with Crippen molar-refractivity contribution in [2.45, 2.75) is 18.7 Å². The lowest BCUT2D eigenvalue weighted by Gasteiger charge is -2.19. The van der Waals surface area contributed by atoms with Gasteiger partial charge in [-0.3, -0.25) is 0 Å². The van der Waals surface area contributed by atoms with E-state index in [1.165, 1.54) is 22.5 Å². The number of benzene rings is 1. The van der Waals surface area contributed by atoms with Crippen LogP contribution in [0.2, 0.25) is 5.02 Å². The van der Waals surface area contributed by atoms with Gasteiger partial charge in [0.2, 0.25) is 10.0 Å². The molecule has 0 aliphatic rings. The maximum absolute atomic E-state index is 12.7. The number of hydrogen-bond donors (Lipinski definition) is 0. The monoisotopic (exact) mass is 446 g/mol. The van der Waals surface area contributed by atoms with Gasteiger partial charge in [-0.1, -0.05) is 25.4 Å². The summed E-state index contributed by atoms with van der Waals surface area (Å²) in [6, 6.07) is 7.19. The summed E-state index contributed by atoms with van der Waals surface area (Å²) in [6.45, 7) is 4.05. The summed E-state index contributed by atoms with van der Waals surface area (Å²) in [5.41, 5.74) is 0.0749. The normalized spacial score (nSPS) is 11.6. The summed E-state index contributed by atoms with van der Waals surface area (Å²) in [6.07, 6.45) is 1.54. The van der Waals surface area contributed by atoms with E-state index in [1.807, 2.05) is 0 Å². The molecule has 0 aliphatic carbocycles. The number of halogens is 2. The molecule has 1 heterocycles. The maximum atomic E-state index is 12.7. The third kappa shape index (κ3) is 4.38. The van der Waals surface area contributed by atoms with E-state index in [-0.39, 0.29) is 21.2 Å². The Morgan fingerprint density at radius 2 is 1.96 bits per heavy atom. The van der Waals surface area contributed by atoms with Gasteiger partial charge in [-0.2, -0.15) is 4.31 Å². The number of pyridine rings is 1. The van der Waals surface area contributed by atoms with Crippen molar-refractivity contribution in [3.63, 3.8) is 0 Å². The standard InChI is InChI=1S/C16H16BrClN2O4S/c1-3-20(4-2)25(22,23)14-10-11(7-8-12(14)18)16(21)24-13-6-5-9-19-15(13)17/h5-10H,3-4H2,1-2H3. The van der Waals surface area contributed by atoms with Gasteiger partial charge < -0.3 is 4.74 Å². The van der Waals surface area contributed by atoms with Crippen LogP contribution in [0.5, 0.6) is 5.75 Å². The Morgan fingerprint density at radius 1 is 1.28 bits per heavy atom. The second-order valence-corrected chi connectivity index (χ2v) is 7.98. The molecule has 0 N–H and O–H groups in total.